The first-order valence-electron chi connectivity index (χ1n) is 6.15. The molecular weight excluding hydrogens is 210 g/mol. The van der Waals surface area contributed by atoms with Gasteiger partial charge in [-0.05, 0) is 38.1 Å². The molecule has 17 heavy (non-hydrogen) atoms. The predicted octanol–water partition coefficient (Wildman–Crippen LogP) is 3.16. The molecule has 0 saturated carbocycles. The third kappa shape index (κ3) is 2.43. The first-order valence-corrected chi connectivity index (χ1v) is 6.15. The van der Waals surface area contributed by atoms with Crippen LogP contribution in [-0.4, -0.2) is 31.8 Å². The summed E-state index contributed by atoms with van der Waals surface area (Å²) in [5.41, 5.74) is 2.68. The standard InChI is InChI=1S/C15H21NO/c1-16(2)15(17-3)11-9-14(10-12-15)13-7-5-4-6-8-13/h4-9H,10-12H2,1-3H3. The second kappa shape index (κ2) is 5.03. The van der Waals surface area contributed by atoms with Crippen LogP contribution in [0, 0.1) is 0 Å². The molecule has 1 aromatic rings. The quantitative estimate of drug-likeness (QED) is 0.741. The van der Waals surface area contributed by atoms with Crippen molar-refractivity contribution < 1.29 is 4.74 Å². The number of benzene rings is 1. The van der Waals surface area contributed by atoms with E-state index in [9.17, 15) is 0 Å². The fraction of sp³-hybridized carbons (Fsp3) is 0.467. The molecule has 0 aromatic heterocycles. The maximum absolute atomic E-state index is 5.71. The lowest BCUT2D eigenvalue weighted by Crippen LogP contribution is -2.46. The number of rotatable bonds is 3. The molecule has 0 heterocycles. The number of ether oxygens (including phenoxy) is 1. The Morgan fingerprint density at radius 2 is 1.88 bits per heavy atom. The Balaban J connectivity index is 2.17. The van der Waals surface area contributed by atoms with Crippen LogP contribution in [0.25, 0.3) is 5.57 Å². The van der Waals surface area contributed by atoms with Crippen molar-refractivity contribution >= 4 is 5.57 Å². The van der Waals surface area contributed by atoms with E-state index < -0.39 is 0 Å². The van der Waals surface area contributed by atoms with Crippen LogP contribution >= 0.6 is 0 Å². The van der Waals surface area contributed by atoms with Gasteiger partial charge in [0.15, 0.2) is 0 Å². The van der Waals surface area contributed by atoms with Gasteiger partial charge in [-0.25, -0.2) is 0 Å². The van der Waals surface area contributed by atoms with Crippen molar-refractivity contribution in [1.29, 1.82) is 0 Å². The molecule has 0 spiro atoms. The highest BCUT2D eigenvalue weighted by molar-refractivity contribution is 5.66. The summed E-state index contributed by atoms with van der Waals surface area (Å²) in [7, 11) is 5.98. The number of methoxy groups -OCH3 is 1. The third-order valence-corrected chi connectivity index (χ3v) is 3.79. The lowest BCUT2D eigenvalue weighted by molar-refractivity contribution is -0.118. The number of hydrogen-bond acceptors (Lipinski definition) is 2. The first kappa shape index (κ1) is 12.3. The van der Waals surface area contributed by atoms with E-state index in [-0.39, 0.29) is 5.72 Å². The van der Waals surface area contributed by atoms with Gasteiger partial charge in [-0.15, -0.1) is 0 Å². The Bertz CT molecular complexity index is 397. The Morgan fingerprint density at radius 1 is 1.18 bits per heavy atom. The van der Waals surface area contributed by atoms with Gasteiger partial charge in [0.05, 0.1) is 0 Å². The van der Waals surface area contributed by atoms with E-state index in [0.29, 0.717) is 0 Å². The van der Waals surface area contributed by atoms with Crippen LogP contribution in [-0.2, 0) is 4.74 Å². The van der Waals surface area contributed by atoms with E-state index in [0.717, 1.165) is 19.3 Å². The van der Waals surface area contributed by atoms with Crippen molar-refractivity contribution in [2.75, 3.05) is 21.2 Å². The van der Waals surface area contributed by atoms with Crippen LogP contribution in [0.5, 0.6) is 0 Å². The maximum atomic E-state index is 5.71. The third-order valence-electron chi connectivity index (χ3n) is 3.79. The number of hydrogen-bond donors (Lipinski definition) is 0. The molecule has 1 aliphatic rings. The Labute approximate surface area is 104 Å². The smallest absolute Gasteiger partial charge is 0.124 e. The van der Waals surface area contributed by atoms with Crippen LogP contribution in [0.1, 0.15) is 24.8 Å². The Hall–Kier alpha value is -1.12. The molecule has 0 fully saturated rings. The van der Waals surface area contributed by atoms with Crippen LogP contribution in [0.2, 0.25) is 0 Å². The topological polar surface area (TPSA) is 12.5 Å². The molecule has 1 aliphatic carbocycles. The van der Waals surface area contributed by atoms with Gasteiger partial charge in [0, 0.05) is 13.5 Å². The highest BCUT2D eigenvalue weighted by atomic mass is 16.5. The summed E-state index contributed by atoms with van der Waals surface area (Å²) in [6, 6.07) is 10.6. The first-order chi connectivity index (χ1) is 8.18. The van der Waals surface area contributed by atoms with Gasteiger partial charge in [-0.3, -0.25) is 4.90 Å². The second-order valence-corrected chi connectivity index (χ2v) is 4.84. The average molecular weight is 231 g/mol. The minimum absolute atomic E-state index is 0.113. The fourth-order valence-corrected chi connectivity index (χ4v) is 2.51. The molecule has 0 bridgehead atoms. The molecule has 92 valence electrons. The summed E-state index contributed by atoms with van der Waals surface area (Å²) in [6.07, 6.45) is 5.41. The summed E-state index contributed by atoms with van der Waals surface area (Å²) >= 11 is 0. The van der Waals surface area contributed by atoms with Gasteiger partial charge in [0.1, 0.15) is 5.72 Å². The Kier molecular flexibility index (Phi) is 3.65. The van der Waals surface area contributed by atoms with Crippen LogP contribution in [0.15, 0.2) is 36.4 Å². The predicted molar refractivity (Wildman–Crippen MR) is 71.7 cm³/mol. The van der Waals surface area contributed by atoms with Crippen molar-refractivity contribution in [2.45, 2.75) is 25.0 Å². The van der Waals surface area contributed by atoms with Gasteiger partial charge in [0.25, 0.3) is 0 Å². The molecule has 1 unspecified atom stereocenters. The fourth-order valence-electron chi connectivity index (χ4n) is 2.51. The largest absolute Gasteiger partial charge is 0.363 e. The summed E-state index contributed by atoms with van der Waals surface area (Å²) in [5, 5.41) is 0. The molecule has 0 N–H and O–H groups in total. The van der Waals surface area contributed by atoms with Crippen molar-refractivity contribution in [2.24, 2.45) is 0 Å². The molecule has 2 heteroatoms. The summed E-state index contributed by atoms with van der Waals surface area (Å²) in [5.74, 6) is 0. The normalized spacial score (nSPS) is 24.8. The molecule has 1 atom stereocenters. The van der Waals surface area contributed by atoms with Crippen LogP contribution in [0.4, 0.5) is 0 Å². The summed E-state index contributed by atoms with van der Waals surface area (Å²) in [6.45, 7) is 0. The zero-order valence-electron chi connectivity index (χ0n) is 10.9. The van der Waals surface area contributed by atoms with Gasteiger partial charge in [0.2, 0.25) is 0 Å². The van der Waals surface area contributed by atoms with E-state index in [1.54, 1.807) is 7.11 Å². The van der Waals surface area contributed by atoms with Crippen molar-refractivity contribution in [3.8, 4) is 0 Å². The van der Waals surface area contributed by atoms with E-state index in [2.05, 4.69) is 55.4 Å². The van der Waals surface area contributed by atoms with E-state index >= 15 is 0 Å². The monoisotopic (exact) mass is 231 g/mol. The molecular formula is C15H21NO. The minimum atomic E-state index is -0.113. The molecule has 2 rings (SSSR count). The minimum Gasteiger partial charge on any atom is -0.363 e. The zero-order valence-corrected chi connectivity index (χ0v) is 10.9. The lowest BCUT2D eigenvalue weighted by Gasteiger charge is -2.40. The zero-order chi connectivity index (χ0) is 12.3. The average Bonchev–Trinajstić information content (AvgIpc) is 2.39. The molecule has 0 aliphatic heterocycles. The number of allylic oxidation sites excluding steroid dienone is 1. The second-order valence-electron chi connectivity index (χ2n) is 4.84. The van der Waals surface area contributed by atoms with E-state index in [1.807, 2.05) is 0 Å². The molecule has 1 aromatic carbocycles. The highest BCUT2D eigenvalue weighted by Crippen LogP contribution is 2.35. The summed E-state index contributed by atoms with van der Waals surface area (Å²) in [4.78, 5) is 2.19. The van der Waals surface area contributed by atoms with Crippen LogP contribution in [0.3, 0.4) is 0 Å². The molecule has 0 amide bonds. The van der Waals surface area contributed by atoms with Crippen LogP contribution < -0.4 is 0 Å². The Morgan fingerprint density at radius 3 is 2.35 bits per heavy atom. The lowest BCUT2D eigenvalue weighted by atomic mass is 9.87. The van der Waals surface area contributed by atoms with E-state index in [4.69, 9.17) is 4.74 Å². The molecule has 0 radical (unpaired) electrons. The SMILES string of the molecule is COC1(N(C)C)CC=C(c2ccccc2)CC1. The van der Waals surface area contributed by atoms with Crippen molar-refractivity contribution in [3.63, 3.8) is 0 Å². The van der Waals surface area contributed by atoms with Crippen molar-refractivity contribution in [1.82, 2.24) is 4.90 Å². The highest BCUT2D eigenvalue weighted by Gasteiger charge is 2.34. The molecule has 0 saturated heterocycles. The van der Waals surface area contributed by atoms with Gasteiger partial charge in [-0.1, -0.05) is 36.4 Å². The maximum Gasteiger partial charge on any atom is 0.124 e. The van der Waals surface area contributed by atoms with Gasteiger partial charge < -0.3 is 4.74 Å². The summed E-state index contributed by atoms with van der Waals surface area (Å²) < 4.78 is 5.71. The van der Waals surface area contributed by atoms with Gasteiger partial charge in [-0.2, -0.15) is 0 Å². The van der Waals surface area contributed by atoms with Crippen molar-refractivity contribution in [3.05, 3.63) is 42.0 Å². The van der Waals surface area contributed by atoms with Gasteiger partial charge >= 0.3 is 0 Å². The molecule has 2 nitrogen and oxygen atoms in total. The van der Waals surface area contributed by atoms with E-state index in [1.165, 1.54) is 11.1 Å². The number of nitrogens with zero attached hydrogens (tertiary/aromatic N) is 1.